The van der Waals surface area contributed by atoms with Crippen molar-refractivity contribution in [2.45, 2.75) is 38.3 Å². The van der Waals surface area contributed by atoms with E-state index in [1.165, 1.54) is 0 Å². The van der Waals surface area contributed by atoms with E-state index >= 15 is 0 Å². The molecule has 1 fully saturated rings. The summed E-state index contributed by atoms with van der Waals surface area (Å²) < 4.78 is 0. The minimum atomic E-state index is -0.458. The standard InChI is InChI=1S/C9H18N2O2/c1-7(12)6-11-9(13)5-8-3-2-4-10-8/h7-8,10,12H,2-6H2,1H3,(H,11,13). The molecule has 0 aromatic heterocycles. The van der Waals surface area contributed by atoms with E-state index in [0.29, 0.717) is 19.0 Å². The molecule has 1 aliphatic heterocycles. The molecule has 0 saturated carbocycles. The fourth-order valence-electron chi connectivity index (χ4n) is 1.49. The largest absolute Gasteiger partial charge is 0.392 e. The molecule has 13 heavy (non-hydrogen) atoms. The molecule has 2 atom stereocenters. The van der Waals surface area contributed by atoms with E-state index in [1.807, 2.05) is 0 Å². The Morgan fingerprint density at radius 1 is 1.77 bits per heavy atom. The highest BCUT2D eigenvalue weighted by Crippen LogP contribution is 2.07. The quantitative estimate of drug-likeness (QED) is 0.561. The fourth-order valence-corrected chi connectivity index (χ4v) is 1.49. The van der Waals surface area contributed by atoms with Crippen LogP contribution in [0.2, 0.25) is 0 Å². The van der Waals surface area contributed by atoms with Crippen LogP contribution in [0.5, 0.6) is 0 Å². The maximum Gasteiger partial charge on any atom is 0.221 e. The highest BCUT2D eigenvalue weighted by molar-refractivity contribution is 5.76. The van der Waals surface area contributed by atoms with Gasteiger partial charge in [0.2, 0.25) is 5.91 Å². The second-order valence-corrected chi connectivity index (χ2v) is 3.65. The summed E-state index contributed by atoms with van der Waals surface area (Å²) in [5.41, 5.74) is 0. The van der Waals surface area contributed by atoms with Gasteiger partial charge in [-0.1, -0.05) is 0 Å². The molecule has 0 aromatic rings. The first-order valence-corrected chi connectivity index (χ1v) is 4.86. The minimum Gasteiger partial charge on any atom is -0.392 e. The third kappa shape index (κ3) is 4.24. The summed E-state index contributed by atoms with van der Waals surface area (Å²) in [6, 6.07) is 0.342. The molecule has 1 aliphatic rings. The monoisotopic (exact) mass is 186 g/mol. The maximum absolute atomic E-state index is 11.2. The summed E-state index contributed by atoms with van der Waals surface area (Å²) in [4.78, 5) is 11.2. The van der Waals surface area contributed by atoms with E-state index in [2.05, 4.69) is 10.6 Å². The normalized spacial score (nSPS) is 24.3. The van der Waals surface area contributed by atoms with E-state index < -0.39 is 6.10 Å². The highest BCUT2D eigenvalue weighted by atomic mass is 16.3. The zero-order chi connectivity index (χ0) is 9.68. The predicted octanol–water partition coefficient (Wildman–Crippen LogP) is -0.374. The Balaban J connectivity index is 2.09. The predicted molar refractivity (Wildman–Crippen MR) is 50.3 cm³/mol. The number of rotatable bonds is 4. The highest BCUT2D eigenvalue weighted by Gasteiger charge is 2.17. The molecule has 1 saturated heterocycles. The Hall–Kier alpha value is -0.610. The van der Waals surface area contributed by atoms with Crippen LogP contribution >= 0.6 is 0 Å². The molecule has 76 valence electrons. The first-order valence-electron chi connectivity index (χ1n) is 4.86. The van der Waals surface area contributed by atoms with Gasteiger partial charge in [-0.3, -0.25) is 4.79 Å². The number of aliphatic hydroxyl groups excluding tert-OH is 1. The summed E-state index contributed by atoms with van der Waals surface area (Å²) in [6.45, 7) is 3.04. The van der Waals surface area contributed by atoms with Gasteiger partial charge < -0.3 is 15.7 Å². The lowest BCUT2D eigenvalue weighted by Crippen LogP contribution is -2.35. The average Bonchev–Trinajstić information content (AvgIpc) is 2.53. The number of carbonyl (C=O) groups excluding carboxylic acids is 1. The van der Waals surface area contributed by atoms with Crippen LogP contribution in [0, 0.1) is 0 Å². The Morgan fingerprint density at radius 3 is 3.08 bits per heavy atom. The van der Waals surface area contributed by atoms with Crippen LogP contribution in [0.3, 0.4) is 0 Å². The lowest BCUT2D eigenvalue weighted by Gasteiger charge is -2.11. The van der Waals surface area contributed by atoms with Crippen LogP contribution in [0.1, 0.15) is 26.2 Å². The molecule has 1 heterocycles. The van der Waals surface area contributed by atoms with Gasteiger partial charge in [-0.25, -0.2) is 0 Å². The van der Waals surface area contributed by atoms with Gasteiger partial charge in [-0.2, -0.15) is 0 Å². The summed E-state index contributed by atoms with van der Waals surface area (Å²) in [7, 11) is 0. The molecule has 1 amide bonds. The van der Waals surface area contributed by atoms with E-state index in [0.717, 1.165) is 19.4 Å². The van der Waals surface area contributed by atoms with Crippen molar-refractivity contribution in [3.63, 3.8) is 0 Å². The third-order valence-corrected chi connectivity index (χ3v) is 2.19. The van der Waals surface area contributed by atoms with E-state index in [9.17, 15) is 4.79 Å². The van der Waals surface area contributed by atoms with Crippen molar-refractivity contribution < 1.29 is 9.90 Å². The van der Waals surface area contributed by atoms with Crippen molar-refractivity contribution in [3.05, 3.63) is 0 Å². The zero-order valence-electron chi connectivity index (χ0n) is 8.05. The Kier molecular flexibility index (Phi) is 4.18. The second-order valence-electron chi connectivity index (χ2n) is 3.65. The van der Waals surface area contributed by atoms with Crippen molar-refractivity contribution in [1.29, 1.82) is 0 Å². The van der Waals surface area contributed by atoms with Crippen LogP contribution in [-0.2, 0) is 4.79 Å². The van der Waals surface area contributed by atoms with Crippen LogP contribution in [0.4, 0.5) is 0 Å². The van der Waals surface area contributed by atoms with Crippen LogP contribution in [0.25, 0.3) is 0 Å². The molecule has 4 heteroatoms. The van der Waals surface area contributed by atoms with Crippen molar-refractivity contribution >= 4 is 5.91 Å². The molecule has 0 radical (unpaired) electrons. The van der Waals surface area contributed by atoms with E-state index in [4.69, 9.17) is 5.11 Å². The number of nitrogens with one attached hydrogen (secondary N) is 2. The van der Waals surface area contributed by atoms with Gasteiger partial charge in [0.25, 0.3) is 0 Å². The van der Waals surface area contributed by atoms with Crippen LogP contribution < -0.4 is 10.6 Å². The summed E-state index contributed by atoms with van der Waals surface area (Å²) >= 11 is 0. The Labute approximate surface area is 78.7 Å². The smallest absolute Gasteiger partial charge is 0.221 e. The molecule has 3 N–H and O–H groups in total. The molecule has 2 unspecified atom stereocenters. The molecule has 0 bridgehead atoms. The average molecular weight is 186 g/mol. The lowest BCUT2D eigenvalue weighted by atomic mass is 10.1. The van der Waals surface area contributed by atoms with Gasteiger partial charge in [0, 0.05) is 19.0 Å². The summed E-state index contributed by atoms with van der Waals surface area (Å²) in [6.07, 6.45) is 2.32. The van der Waals surface area contributed by atoms with Gasteiger partial charge in [0.15, 0.2) is 0 Å². The topological polar surface area (TPSA) is 61.4 Å². The first-order chi connectivity index (χ1) is 6.18. The Bertz CT molecular complexity index is 165. The fraction of sp³-hybridized carbons (Fsp3) is 0.889. The maximum atomic E-state index is 11.2. The van der Waals surface area contributed by atoms with Crippen molar-refractivity contribution in [3.8, 4) is 0 Å². The summed E-state index contributed by atoms with van der Waals surface area (Å²) in [5.74, 6) is 0.0281. The van der Waals surface area contributed by atoms with Crippen LogP contribution in [0.15, 0.2) is 0 Å². The number of hydrogen-bond donors (Lipinski definition) is 3. The van der Waals surface area contributed by atoms with Gasteiger partial charge in [-0.05, 0) is 26.3 Å². The van der Waals surface area contributed by atoms with Gasteiger partial charge in [0.05, 0.1) is 6.10 Å². The van der Waals surface area contributed by atoms with Crippen LogP contribution in [-0.4, -0.2) is 36.2 Å². The molecule has 1 rings (SSSR count). The van der Waals surface area contributed by atoms with Gasteiger partial charge >= 0.3 is 0 Å². The summed E-state index contributed by atoms with van der Waals surface area (Å²) in [5, 5.41) is 14.9. The van der Waals surface area contributed by atoms with E-state index in [-0.39, 0.29) is 5.91 Å². The molecular formula is C9H18N2O2. The van der Waals surface area contributed by atoms with E-state index in [1.54, 1.807) is 6.92 Å². The van der Waals surface area contributed by atoms with Crippen molar-refractivity contribution in [1.82, 2.24) is 10.6 Å². The molecule has 0 spiro atoms. The van der Waals surface area contributed by atoms with Gasteiger partial charge in [0.1, 0.15) is 0 Å². The number of hydrogen-bond acceptors (Lipinski definition) is 3. The number of carbonyl (C=O) groups is 1. The lowest BCUT2D eigenvalue weighted by molar-refractivity contribution is -0.121. The minimum absolute atomic E-state index is 0.0281. The molecular weight excluding hydrogens is 168 g/mol. The number of amides is 1. The zero-order valence-corrected chi connectivity index (χ0v) is 8.05. The first kappa shape index (κ1) is 10.5. The Morgan fingerprint density at radius 2 is 2.54 bits per heavy atom. The second kappa shape index (κ2) is 5.19. The third-order valence-electron chi connectivity index (χ3n) is 2.19. The van der Waals surface area contributed by atoms with Crippen molar-refractivity contribution in [2.24, 2.45) is 0 Å². The van der Waals surface area contributed by atoms with Gasteiger partial charge in [-0.15, -0.1) is 0 Å². The SMILES string of the molecule is CC(O)CNC(=O)CC1CCCN1. The number of aliphatic hydroxyl groups is 1. The molecule has 4 nitrogen and oxygen atoms in total. The molecule has 0 aromatic carbocycles. The molecule has 0 aliphatic carbocycles. The van der Waals surface area contributed by atoms with Crippen molar-refractivity contribution in [2.75, 3.05) is 13.1 Å².